The highest BCUT2D eigenvalue weighted by Crippen LogP contribution is 2.23. The summed E-state index contributed by atoms with van der Waals surface area (Å²) in [7, 11) is 0. The maximum Gasteiger partial charge on any atom is 0.246 e. The summed E-state index contributed by atoms with van der Waals surface area (Å²) in [4.78, 5) is 152. The lowest BCUT2D eigenvalue weighted by Crippen LogP contribution is -2.66. The number of nitrogens with zero attached hydrogens (tertiary/aromatic N) is 1. The van der Waals surface area contributed by atoms with E-state index in [4.69, 9.17) is 5.11 Å². The first kappa shape index (κ1) is 79.3. The Morgan fingerprint density at radius 3 is 1.62 bits per heavy atom. The third-order valence-electron chi connectivity index (χ3n) is 15.4. The van der Waals surface area contributed by atoms with Crippen molar-refractivity contribution in [3.05, 3.63) is 0 Å². The molecule has 1 aliphatic rings. The van der Waals surface area contributed by atoms with E-state index >= 15 is 0 Å². The predicted octanol–water partition coefficient (Wildman–Crippen LogP) is 3.23. The Morgan fingerprint density at radius 1 is 0.552 bits per heavy atom. The van der Waals surface area contributed by atoms with Gasteiger partial charge in [0, 0.05) is 57.9 Å². The van der Waals surface area contributed by atoms with Crippen LogP contribution in [0.15, 0.2) is 0 Å². The summed E-state index contributed by atoms with van der Waals surface area (Å²) in [6.45, 7) is 28.5. The van der Waals surface area contributed by atoms with Crippen LogP contribution in [0.25, 0.3) is 0 Å². The van der Waals surface area contributed by atoms with Gasteiger partial charge in [-0.05, 0) is 124 Å². The molecule has 0 aliphatic carbocycles. The molecule has 0 spiro atoms. The van der Waals surface area contributed by atoms with Crippen molar-refractivity contribution in [2.75, 3.05) is 32.8 Å². The third kappa shape index (κ3) is 30.3. The number of Topliss-reactive ketones (excluding diaryl/α,β-unsaturated/α-hetero) is 1. The van der Waals surface area contributed by atoms with Gasteiger partial charge in [0.2, 0.25) is 59.1 Å². The van der Waals surface area contributed by atoms with Crippen LogP contribution in [0, 0.1) is 23.7 Å². The first-order chi connectivity index (χ1) is 40.5. The zero-order chi connectivity index (χ0) is 66.4. The molecule has 9 atom stereocenters. The molecule has 12 N–H and O–H groups in total. The van der Waals surface area contributed by atoms with Gasteiger partial charge in [0.15, 0.2) is 0 Å². The fourth-order valence-corrected chi connectivity index (χ4v) is 10.3. The van der Waals surface area contributed by atoms with E-state index < -0.39 is 106 Å². The predicted molar refractivity (Wildman–Crippen MR) is 335 cm³/mol. The van der Waals surface area contributed by atoms with Gasteiger partial charge < -0.3 is 68.3 Å². The van der Waals surface area contributed by atoms with E-state index in [2.05, 4.69) is 60.1 Å². The number of carbonyl (C=O) groups is 11. The lowest BCUT2D eigenvalue weighted by atomic mass is 9.92. The summed E-state index contributed by atoms with van der Waals surface area (Å²) in [5, 5.41) is 47.8. The second-order valence-corrected chi connectivity index (χ2v) is 26.7. The topological polar surface area (TPSA) is 352 Å². The van der Waals surface area contributed by atoms with Crippen LogP contribution in [-0.4, -0.2) is 172 Å². The molecule has 24 nitrogen and oxygen atoms in total. The average molecular weight is 1230 g/mol. The van der Waals surface area contributed by atoms with Crippen molar-refractivity contribution in [3.63, 3.8) is 0 Å². The molecule has 0 aromatic rings. The molecule has 0 saturated carbocycles. The Balaban J connectivity index is 3.42. The summed E-state index contributed by atoms with van der Waals surface area (Å²) in [5.41, 5.74) is -5.03. The summed E-state index contributed by atoms with van der Waals surface area (Å²) < 4.78 is 0. The Labute approximate surface area is 519 Å². The van der Waals surface area contributed by atoms with Crippen molar-refractivity contribution in [1.29, 1.82) is 0 Å². The zero-order valence-corrected chi connectivity index (χ0v) is 55.7. The van der Waals surface area contributed by atoms with Gasteiger partial charge in [0.25, 0.3) is 0 Å². The smallest absolute Gasteiger partial charge is 0.246 e. The van der Waals surface area contributed by atoms with Gasteiger partial charge in [-0.15, -0.1) is 0 Å². The molecule has 1 heterocycles. The Bertz CT molecular complexity index is 2240. The number of hydrogen-bond donors (Lipinski definition) is 12. The summed E-state index contributed by atoms with van der Waals surface area (Å²) in [5.74, 6) is -6.63. The Hall–Kier alpha value is -5.75. The Morgan fingerprint density at radius 2 is 1.08 bits per heavy atom. The molecule has 4 unspecified atom stereocenters. The van der Waals surface area contributed by atoms with Crippen molar-refractivity contribution in [1.82, 2.24) is 58.1 Å². The van der Waals surface area contributed by atoms with Crippen molar-refractivity contribution in [2.45, 2.75) is 279 Å². The number of rotatable bonds is 43. The van der Waals surface area contributed by atoms with E-state index in [-0.39, 0.29) is 112 Å². The van der Waals surface area contributed by atoms with E-state index in [1.807, 2.05) is 41.5 Å². The highest BCUT2D eigenvalue weighted by molar-refractivity contribution is 6.00. The van der Waals surface area contributed by atoms with Crippen LogP contribution in [-0.2, 0) is 52.7 Å². The highest BCUT2D eigenvalue weighted by Gasteiger charge is 2.42. The lowest BCUT2D eigenvalue weighted by molar-refractivity contribution is -0.141. The lowest BCUT2D eigenvalue weighted by Gasteiger charge is -2.35. The molecule has 0 aromatic heterocycles. The summed E-state index contributed by atoms with van der Waals surface area (Å²) in [6, 6.07) is -5.68. The van der Waals surface area contributed by atoms with Crippen molar-refractivity contribution >= 4 is 64.9 Å². The van der Waals surface area contributed by atoms with Gasteiger partial charge in [-0.1, -0.05) is 94.4 Å². The molecule has 1 saturated heterocycles. The van der Waals surface area contributed by atoms with Gasteiger partial charge in [-0.3, -0.25) is 52.7 Å². The molecular weight excluding hydrogens is 1120 g/mol. The second kappa shape index (κ2) is 39.3. The number of hydrogen-bond acceptors (Lipinski definition) is 14. The molecule has 1 aliphatic heterocycles. The standard InChI is InChI=1S/C63H115N11O13/c1-17-20-21-22-25-41(8)35-48(54(81)67-47(33-40(6)7)55(82)71-61(11,12)58(85)69-46(32-39(4)5)53(80)65-28-27-51(78)66-43(10)38-64-29-31-75)70-59(86)62(13,14)73-60(87)63(15,16)72-56(83)49(36-42(9)34-45(77)37-44(76)19-3)68-57(84)50-26-23-30-74(50)52(79)24-18-2/h39-43,45-50,64,75,77H,17-38H2,1-16H3,(H,65,80)(H,66,78)(H,67,81)(H,68,84)(H,69,85)(H,70,86)(H,71,82)(H,72,83)(H,73,87)/t41?,42?,43?,45?,46-,47-,48-,49+,50-/m0/s1. The van der Waals surface area contributed by atoms with Crippen molar-refractivity contribution < 1.29 is 63.0 Å². The minimum Gasteiger partial charge on any atom is -0.395 e. The van der Waals surface area contributed by atoms with Gasteiger partial charge in [-0.25, -0.2) is 0 Å². The SMILES string of the molecule is CCCCCCC(C)C[C@H](NC(=O)C(C)(C)NC(=O)C(C)(C)NC(=O)[C@@H](CC(C)CC(O)CC(=O)CC)NC(=O)[C@@H]1CCCN1C(=O)CCC)C(=O)N[C@@H](CC(C)C)C(=O)NC(C)(C)C(=O)N[C@@H](CC(C)C)C(=O)NCCC(=O)NC(C)CNCCO. The summed E-state index contributed by atoms with van der Waals surface area (Å²) >= 11 is 0. The number of likely N-dealkylation sites (tertiary alicyclic amines) is 1. The number of carbonyl (C=O) groups excluding carboxylic acids is 11. The largest absolute Gasteiger partial charge is 0.395 e. The number of aliphatic hydroxyl groups is 2. The number of amides is 10. The van der Waals surface area contributed by atoms with E-state index in [0.717, 1.165) is 32.1 Å². The molecule has 500 valence electrons. The molecule has 1 rings (SSSR count). The van der Waals surface area contributed by atoms with Crippen LogP contribution in [0.5, 0.6) is 0 Å². The van der Waals surface area contributed by atoms with Crippen molar-refractivity contribution in [2.24, 2.45) is 23.7 Å². The van der Waals surface area contributed by atoms with Gasteiger partial charge in [-0.2, -0.15) is 0 Å². The van der Waals surface area contributed by atoms with E-state index in [1.165, 1.54) is 46.4 Å². The van der Waals surface area contributed by atoms with Crippen LogP contribution >= 0.6 is 0 Å². The first-order valence-corrected chi connectivity index (χ1v) is 32.1. The highest BCUT2D eigenvalue weighted by atomic mass is 16.3. The molecule has 10 amide bonds. The molecular formula is C63H115N11O13. The number of unbranched alkanes of at least 4 members (excludes halogenated alkanes) is 3. The molecule has 0 radical (unpaired) electrons. The quantitative estimate of drug-likeness (QED) is 0.0390. The second-order valence-electron chi connectivity index (χ2n) is 26.7. The molecule has 0 bridgehead atoms. The minimum atomic E-state index is -1.71. The maximum atomic E-state index is 14.6. The maximum absolute atomic E-state index is 14.6. The van der Waals surface area contributed by atoms with Crippen LogP contribution in [0.4, 0.5) is 0 Å². The van der Waals surface area contributed by atoms with Crippen LogP contribution in [0.1, 0.15) is 220 Å². The van der Waals surface area contributed by atoms with Gasteiger partial charge >= 0.3 is 0 Å². The molecule has 0 aromatic carbocycles. The van der Waals surface area contributed by atoms with E-state index in [0.29, 0.717) is 38.9 Å². The van der Waals surface area contributed by atoms with E-state index in [9.17, 15) is 57.8 Å². The number of aliphatic hydroxyl groups excluding tert-OH is 2. The number of ketones is 1. The van der Waals surface area contributed by atoms with Gasteiger partial charge in [0.1, 0.15) is 52.6 Å². The van der Waals surface area contributed by atoms with Crippen LogP contribution in [0.3, 0.4) is 0 Å². The Kier molecular flexibility index (Phi) is 35.8. The zero-order valence-electron chi connectivity index (χ0n) is 55.7. The molecule has 87 heavy (non-hydrogen) atoms. The first-order valence-electron chi connectivity index (χ1n) is 32.1. The fourth-order valence-electron chi connectivity index (χ4n) is 10.3. The van der Waals surface area contributed by atoms with Crippen LogP contribution in [0.2, 0.25) is 0 Å². The van der Waals surface area contributed by atoms with Gasteiger partial charge in [0.05, 0.1) is 12.7 Å². The van der Waals surface area contributed by atoms with Crippen LogP contribution < -0.4 is 53.2 Å². The summed E-state index contributed by atoms with van der Waals surface area (Å²) in [6.07, 6.45) is 6.33. The number of nitrogens with one attached hydrogen (secondary N) is 10. The average Bonchev–Trinajstić information content (AvgIpc) is 3.31. The minimum absolute atomic E-state index is 0.000749. The molecule has 24 heteroatoms. The fraction of sp³-hybridized carbons (Fsp3) is 0.825. The normalized spacial score (nSPS) is 16.5. The third-order valence-corrected chi connectivity index (χ3v) is 15.4. The molecule has 1 fully saturated rings. The van der Waals surface area contributed by atoms with E-state index in [1.54, 1.807) is 20.8 Å². The van der Waals surface area contributed by atoms with Crippen molar-refractivity contribution in [3.8, 4) is 0 Å². The monoisotopic (exact) mass is 1230 g/mol.